The number of amides is 2. The number of rotatable bonds is 2. The number of hydrogen-bond donors (Lipinski definition) is 0. The molecule has 22 heavy (non-hydrogen) atoms. The zero-order valence-corrected chi connectivity index (χ0v) is 12.6. The number of aromatic nitrogens is 2. The van der Waals surface area contributed by atoms with E-state index in [1.165, 1.54) is 17.7 Å². The molecule has 2 amide bonds. The van der Waals surface area contributed by atoms with Crippen LogP contribution in [0.15, 0.2) is 36.2 Å². The van der Waals surface area contributed by atoms with Gasteiger partial charge >= 0.3 is 0 Å². The number of fused-ring (bicyclic) bond motifs is 1. The summed E-state index contributed by atoms with van der Waals surface area (Å²) in [5.74, 6) is 0.189. The van der Waals surface area contributed by atoms with Crippen molar-refractivity contribution >= 4 is 28.8 Å². The molecule has 0 N–H and O–H groups in total. The van der Waals surface area contributed by atoms with Gasteiger partial charge in [-0.3, -0.25) is 9.59 Å². The van der Waals surface area contributed by atoms with E-state index in [9.17, 15) is 9.59 Å². The van der Waals surface area contributed by atoms with Crippen LogP contribution in [0.5, 0.6) is 0 Å². The summed E-state index contributed by atoms with van der Waals surface area (Å²) in [5, 5.41) is 1.90. The highest BCUT2D eigenvalue weighted by Gasteiger charge is 2.48. The number of anilines is 1. The molecule has 4 rings (SSSR count). The standard InChI is InChI=1S/C15H14N4O2S/c20-14-12-8-18(15(21)13-2-1-3-22-13)6-10(12)7-19(14)11-4-16-9-17-5-11/h1-5,9-10,12H,6-8H2/t10-,12-/m0/s1. The largest absolute Gasteiger partial charge is 0.337 e. The third-order valence-electron chi connectivity index (χ3n) is 4.32. The van der Waals surface area contributed by atoms with Crippen LogP contribution in [0.1, 0.15) is 9.67 Å². The van der Waals surface area contributed by atoms with Crippen LogP contribution >= 0.6 is 11.3 Å². The molecule has 2 atom stereocenters. The second-order valence-electron chi connectivity index (χ2n) is 5.60. The SMILES string of the molecule is O=C(c1cccs1)N1C[C@H]2CN(c3cncnc3)C(=O)[C@H]2C1. The molecule has 112 valence electrons. The lowest BCUT2D eigenvalue weighted by Crippen LogP contribution is -2.35. The third kappa shape index (κ3) is 2.09. The van der Waals surface area contributed by atoms with E-state index in [-0.39, 0.29) is 23.7 Å². The van der Waals surface area contributed by atoms with E-state index in [1.54, 1.807) is 22.2 Å². The molecule has 2 aliphatic heterocycles. The van der Waals surface area contributed by atoms with E-state index in [2.05, 4.69) is 9.97 Å². The Hall–Kier alpha value is -2.28. The summed E-state index contributed by atoms with van der Waals surface area (Å²) < 4.78 is 0. The molecule has 2 aromatic heterocycles. The summed E-state index contributed by atoms with van der Waals surface area (Å²) in [6.07, 6.45) is 4.76. The molecule has 0 saturated carbocycles. The Kier molecular flexibility index (Phi) is 3.15. The highest BCUT2D eigenvalue weighted by molar-refractivity contribution is 7.12. The van der Waals surface area contributed by atoms with Gasteiger partial charge in [-0.1, -0.05) is 6.07 Å². The van der Waals surface area contributed by atoms with E-state index in [0.717, 1.165) is 10.6 Å². The van der Waals surface area contributed by atoms with Crippen molar-refractivity contribution < 1.29 is 9.59 Å². The van der Waals surface area contributed by atoms with Crippen molar-refractivity contribution in [2.45, 2.75) is 0 Å². The predicted octanol–water partition coefficient (Wildman–Crippen LogP) is 1.27. The maximum absolute atomic E-state index is 12.6. The molecule has 2 aliphatic rings. The van der Waals surface area contributed by atoms with Crippen LogP contribution in [0.3, 0.4) is 0 Å². The lowest BCUT2D eigenvalue weighted by atomic mass is 10.0. The smallest absolute Gasteiger partial charge is 0.263 e. The lowest BCUT2D eigenvalue weighted by molar-refractivity contribution is -0.120. The summed E-state index contributed by atoms with van der Waals surface area (Å²) in [4.78, 5) is 37.2. The first-order chi connectivity index (χ1) is 10.7. The summed E-state index contributed by atoms with van der Waals surface area (Å²) >= 11 is 1.44. The molecule has 7 heteroatoms. The van der Waals surface area contributed by atoms with Gasteiger partial charge in [0.1, 0.15) is 6.33 Å². The average Bonchev–Trinajstić information content (AvgIpc) is 3.25. The third-order valence-corrected chi connectivity index (χ3v) is 5.18. The van der Waals surface area contributed by atoms with E-state index < -0.39 is 0 Å². The van der Waals surface area contributed by atoms with Crippen molar-refractivity contribution in [3.05, 3.63) is 41.1 Å². The quantitative estimate of drug-likeness (QED) is 0.837. The van der Waals surface area contributed by atoms with Crippen LogP contribution in [-0.4, -0.2) is 46.3 Å². The first kappa shape index (κ1) is 13.4. The minimum atomic E-state index is -0.107. The van der Waals surface area contributed by atoms with Crippen molar-refractivity contribution in [3.63, 3.8) is 0 Å². The molecule has 2 saturated heterocycles. The number of carbonyl (C=O) groups is 2. The normalized spacial score (nSPS) is 23.9. The maximum atomic E-state index is 12.6. The number of hydrogen-bond acceptors (Lipinski definition) is 5. The van der Waals surface area contributed by atoms with Crippen LogP contribution in [-0.2, 0) is 4.79 Å². The van der Waals surface area contributed by atoms with Gasteiger partial charge in [-0.15, -0.1) is 11.3 Å². The van der Waals surface area contributed by atoms with Crippen LogP contribution in [0.2, 0.25) is 0 Å². The minimum absolute atomic E-state index is 0.0341. The predicted molar refractivity (Wildman–Crippen MR) is 81.6 cm³/mol. The summed E-state index contributed by atoms with van der Waals surface area (Å²) in [6.45, 7) is 1.77. The molecule has 0 radical (unpaired) electrons. The van der Waals surface area contributed by atoms with Gasteiger partial charge in [-0.2, -0.15) is 0 Å². The molecule has 0 aliphatic carbocycles. The first-order valence-corrected chi connectivity index (χ1v) is 8.01. The van der Waals surface area contributed by atoms with Gasteiger partial charge in [-0.05, 0) is 11.4 Å². The second kappa shape index (κ2) is 5.17. The molecule has 0 unspecified atom stereocenters. The fraction of sp³-hybridized carbons (Fsp3) is 0.333. The Bertz CT molecular complexity index is 704. The minimum Gasteiger partial charge on any atom is -0.337 e. The Morgan fingerprint density at radius 1 is 1.23 bits per heavy atom. The summed E-state index contributed by atoms with van der Waals surface area (Å²) in [6, 6.07) is 3.70. The van der Waals surface area contributed by atoms with Crippen molar-refractivity contribution in [2.75, 3.05) is 24.5 Å². The summed E-state index contributed by atoms with van der Waals surface area (Å²) in [5.41, 5.74) is 0.734. The van der Waals surface area contributed by atoms with Crippen molar-refractivity contribution in [2.24, 2.45) is 11.8 Å². The molecule has 4 heterocycles. The number of carbonyl (C=O) groups excluding carboxylic acids is 2. The Morgan fingerprint density at radius 3 is 2.73 bits per heavy atom. The lowest BCUT2D eigenvalue weighted by Gasteiger charge is -2.21. The van der Waals surface area contributed by atoms with Crippen LogP contribution < -0.4 is 4.90 Å². The molecule has 6 nitrogen and oxygen atoms in total. The monoisotopic (exact) mass is 314 g/mol. The molecular weight excluding hydrogens is 300 g/mol. The van der Waals surface area contributed by atoms with E-state index >= 15 is 0 Å². The molecule has 2 fully saturated rings. The van der Waals surface area contributed by atoms with Crippen molar-refractivity contribution in [1.82, 2.24) is 14.9 Å². The zero-order chi connectivity index (χ0) is 15.1. The van der Waals surface area contributed by atoms with Gasteiger partial charge in [0.25, 0.3) is 5.91 Å². The topological polar surface area (TPSA) is 66.4 Å². The van der Waals surface area contributed by atoms with Crippen LogP contribution in [0.25, 0.3) is 0 Å². The Balaban J connectivity index is 1.50. The maximum Gasteiger partial charge on any atom is 0.263 e. The molecule has 2 aromatic rings. The molecular formula is C15H14N4O2S. The van der Waals surface area contributed by atoms with Crippen molar-refractivity contribution in [3.8, 4) is 0 Å². The molecule has 0 bridgehead atoms. The first-order valence-electron chi connectivity index (χ1n) is 7.13. The Labute approximate surface area is 131 Å². The van der Waals surface area contributed by atoms with Gasteiger partial charge in [0.05, 0.1) is 28.9 Å². The van der Waals surface area contributed by atoms with Gasteiger partial charge in [-0.25, -0.2) is 9.97 Å². The summed E-state index contributed by atoms with van der Waals surface area (Å²) in [7, 11) is 0. The Morgan fingerprint density at radius 2 is 2.05 bits per heavy atom. The molecule has 0 spiro atoms. The van der Waals surface area contributed by atoms with Gasteiger partial charge < -0.3 is 9.80 Å². The highest BCUT2D eigenvalue weighted by atomic mass is 32.1. The second-order valence-corrected chi connectivity index (χ2v) is 6.55. The van der Waals surface area contributed by atoms with Gasteiger partial charge in [0, 0.05) is 25.6 Å². The average molecular weight is 314 g/mol. The molecule has 0 aromatic carbocycles. The number of thiophene rings is 1. The van der Waals surface area contributed by atoms with Crippen LogP contribution in [0.4, 0.5) is 5.69 Å². The number of nitrogens with zero attached hydrogens (tertiary/aromatic N) is 4. The number of likely N-dealkylation sites (tertiary alicyclic amines) is 1. The fourth-order valence-electron chi connectivity index (χ4n) is 3.25. The van der Waals surface area contributed by atoms with E-state index in [1.807, 2.05) is 17.5 Å². The van der Waals surface area contributed by atoms with E-state index in [0.29, 0.717) is 19.6 Å². The van der Waals surface area contributed by atoms with Gasteiger partial charge in [0.15, 0.2) is 0 Å². The van der Waals surface area contributed by atoms with E-state index in [4.69, 9.17) is 0 Å². The fourth-order valence-corrected chi connectivity index (χ4v) is 3.94. The van der Waals surface area contributed by atoms with Crippen molar-refractivity contribution in [1.29, 1.82) is 0 Å². The van der Waals surface area contributed by atoms with Gasteiger partial charge in [0.2, 0.25) is 5.91 Å². The van der Waals surface area contributed by atoms with Crippen LogP contribution in [0, 0.1) is 11.8 Å². The zero-order valence-electron chi connectivity index (χ0n) is 11.8. The highest BCUT2D eigenvalue weighted by Crippen LogP contribution is 2.35.